The molecule has 0 radical (unpaired) electrons. The molecule has 3 nitrogen and oxygen atoms in total. The molecule has 1 unspecified atom stereocenters. The first-order valence-electron chi connectivity index (χ1n) is 10.5. The summed E-state index contributed by atoms with van der Waals surface area (Å²) in [5, 5.41) is 9.00. The van der Waals surface area contributed by atoms with Gasteiger partial charge in [-0.1, -0.05) is 70.4 Å². The van der Waals surface area contributed by atoms with E-state index in [0.717, 1.165) is 12.8 Å². The largest absolute Gasteiger partial charge is 0.481 e. The quantitative estimate of drug-likeness (QED) is 0.233. The Kier molecular flexibility index (Phi) is 14.9. The predicted octanol–water partition coefficient (Wildman–Crippen LogP) is 6.46. The molecule has 25 heavy (non-hydrogen) atoms. The third-order valence-electron chi connectivity index (χ3n) is 5.04. The summed E-state index contributed by atoms with van der Waals surface area (Å²) in [6.45, 7) is 6.14. The van der Waals surface area contributed by atoms with Crippen LogP contribution in [0.15, 0.2) is 12.2 Å². The van der Waals surface area contributed by atoms with E-state index in [4.69, 9.17) is 10.8 Å². The standard InChI is InChI=1S/C22H43NO2/c1-4-5-6-7-8-9-10-11-12-13-14-15-16-17-18-20(19-21(24)25)22(2,3)23/h11-12,20H,4-10,13-19,23H2,1-3H3,(H,24,25). The average Bonchev–Trinajstić information content (AvgIpc) is 2.52. The summed E-state index contributed by atoms with van der Waals surface area (Å²) in [5.74, 6) is -0.666. The Morgan fingerprint density at radius 3 is 1.88 bits per heavy atom. The lowest BCUT2D eigenvalue weighted by molar-refractivity contribution is -0.138. The van der Waals surface area contributed by atoms with Crippen molar-refractivity contribution in [3.63, 3.8) is 0 Å². The number of carboxylic acids is 1. The van der Waals surface area contributed by atoms with Crippen LogP contribution in [0.2, 0.25) is 0 Å². The van der Waals surface area contributed by atoms with Crippen molar-refractivity contribution in [1.29, 1.82) is 0 Å². The molecule has 0 bridgehead atoms. The van der Waals surface area contributed by atoms with Crippen molar-refractivity contribution in [3.05, 3.63) is 12.2 Å². The molecule has 3 heteroatoms. The third-order valence-corrected chi connectivity index (χ3v) is 5.04. The number of hydrogen-bond donors (Lipinski definition) is 2. The Morgan fingerprint density at radius 2 is 1.40 bits per heavy atom. The first-order valence-corrected chi connectivity index (χ1v) is 10.5. The van der Waals surface area contributed by atoms with Gasteiger partial charge < -0.3 is 10.8 Å². The van der Waals surface area contributed by atoms with Crippen molar-refractivity contribution in [2.75, 3.05) is 0 Å². The van der Waals surface area contributed by atoms with Gasteiger partial charge >= 0.3 is 5.97 Å². The maximum absolute atomic E-state index is 10.9. The molecule has 0 aromatic heterocycles. The number of carboxylic acid groups (broad SMARTS) is 1. The molecule has 0 aliphatic carbocycles. The Balaban J connectivity index is 3.53. The van der Waals surface area contributed by atoms with E-state index in [-0.39, 0.29) is 12.3 Å². The van der Waals surface area contributed by atoms with Crippen LogP contribution in [-0.4, -0.2) is 16.6 Å². The van der Waals surface area contributed by atoms with Gasteiger partial charge in [-0.15, -0.1) is 0 Å². The zero-order valence-electron chi connectivity index (χ0n) is 17.1. The SMILES string of the molecule is CCCCCCCCC=CCCCCCCC(CC(=O)O)C(C)(C)N. The molecular formula is C22H43NO2. The first-order chi connectivity index (χ1) is 11.9. The summed E-state index contributed by atoms with van der Waals surface area (Å²) in [6, 6.07) is 0. The number of unbranched alkanes of at least 4 members (excludes halogenated alkanes) is 10. The second kappa shape index (κ2) is 15.4. The molecule has 0 heterocycles. The minimum Gasteiger partial charge on any atom is -0.481 e. The number of rotatable bonds is 17. The van der Waals surface area contributed by atoms with Crippen LogP contribution in [0, 0.1) is 5.92 Å². The molecular weight excluding hydrogens is 310 g/mol. The van der Waals surface area contributed by atoms with Crippen LogP contribution in [0.4, 0.5) is 0 Å². The predicted molar refractivity (Wildman–Crippen MR) is 109 cm³/mol. The molecule has 0 aliphatic rings. The van der Waals surface area contributed by atoms with E-state index < -0.39 is 11.5 Å². The van der Waals surface area contributed by atoms with Gasteiger partial charge in [0, 0.05) is 12.0 Å². The minimum atomic E-state index is -0.737. The van der Waals surface area contributed by atoms with Gasteiger partial charge in [0.2, 0.25) is 0 Å². The molecule has 0 fully saturated rings. The highest BCUT2D eigenvalue weighted by molar-refractivity contribution is 5.67. The van der Waals surface area contributed by atoms with Crippen LogP contribution in [0.1, 0.15) is 111 Å². The molecule has 0 aliphatic heterocycles. The fraction of sp³-hybridized carbons (Fsp3) is 0.864. The number of allylic oxidation sites excluding steroid dienone is 2. The summed E-state index contributed by atoms with van der Waals surface area (Å²) >= 11 is 0. The van der Waals surface area contributed by atoms with Crippen LogP contribution >= 0.6 is 0 Å². The van der Waals surface area contributed by atoms with Gasteiger partial charge in [0.25, 0.3) is 0 Å². The highest BCUT2D eigenvalue weighted by Crippen LogP contribution is 2.24. The lowest BCUT2D eigenvalue weighted by Gasteiger charge is -2.29. The summed E-state index contributed by atoms with van der Waals surface area (Å²) in [7, 11) is 0. The van der Waals surface area contributed by atoms with E-state index in [1.807, 2.05) is 13.8 Å². The Hall–Kier alpha value is -0.830. The first kappa shape index (κ1) is 24.2. The molecule has 0 amide bonds. The van der Waals surface area contributed by atoms with Crippen LogP contribution in [0.25, 0.3) is 0 Å². The molecule has 0 saturated heterocycles. The highest BCUT2D eigenvalue weighted by Gasteiger charge is 2.26. The summed E-state index contributed by atoms with van der Waals surface area (Å²) in [4.78, 5) is 10.9. The maximum Gasteiger partial charge on any atom is 0.303 e. The second-order valence-electron chi connectivity index (χ2n) is 8.14. The van der Waals surface area contributed by atoms with Gasteiger partial charge in [0.15, 0.2) is 0 Å². The Morgan fingerprint density at radius 1 is 0.920 bits per heavy atom. The summed E-state index contributed by atoms with van der Waals surface area (Å²) in [5.41, 5.74) is 5.70. The van der Waals surface area contributed by atoms with Gasteiger partial charge in [-0.3, -0.25) is 4.79 Å². The van der Waals surface area contributed by atoms with Crippen molar-refractivity contribution in [2.45, 2.75) is 116 Å². The number of carbonyl (C=O) groups is 1. The molecule has 0 saturated carbocycles. The number of nitrogens with two attached hydrogens (primary N) is 1. The van der Waals surface area contributed by atoms with Crippen LogP contribution in [-0.2, 0) is 4.79 Å². The molecule has 0 aromatic rings. The molecule has 148 valence electrons. The van der Waals surface area contributed by atoms with Gasteiger partial charge in [0.1, 0.15) is 0 Å². The van der Waals surface area contributed by atoms with E-state index >= 15 is 0 Å². The third kappa shape index (κ3) is 16.4. The van der Waals surface area contributed by atoms with Crippen LogP contribution in [0.3, 0.4) is 0 Å². The Labute approximate surface area is 156 Å². The number of aliphatic carboxylic acids is 1. The summed E-state index contributed by atoms with van der Waals surface area (Å²) in [6.07, 6.45) is 21.1. The van der Waals surface area contributed by atoms with Crippen molar-refractivity contribution < 1.29 is 9.90 Å². The van der Waals surface area contributed by atoms with E-state index in [9.17, 15) is 4.79 Å². The lowest BCUT2D eigenvalue weighted by atomic mass is 9.82. The van der Waals surface area contributed by atoms with Crippen LogP contribution < -0.4 is 5.73 Å². The van der Waals surface area contributed by atoms with Crippen molar-refractivity contribution in [2.24, 2.45) is 11.7 Å². The fourth-order valence-corrected chi connectivity index (χ4v) is 3.23. The Bertz CT molecular complexity index is 344. The van der Waals surface area contributed by atoms with E-state index in [2.05, 4.69) is 19.1 Å². The van der Waals surface area contributed by atoms with Crippen LogP contribution in [0.5, 0.6) is 0 Å². The maximum atomic E-state index is 10.9. The zero-order valence-corrected chi connectivity index (χ0v) is 17.1. The average molecular weight is 354 g/mol. The van der Waals surface area contributed by atoms with Crippen molar-refractivity contribution in [1.82, 2.24) is 0 Å². The molecule has 0 spiro atoms. The molecule has 0 rings (SSSR count). The van der Waals surface area contributed by atoms with Gasteiger partial charge in [-0.25, -0.2) is 0 Å². The van der Waals surface area contributed by atoms with E-state index in [0.29, 0.717) is 0 Å². The topological polar surface area (TPSA) is 63.3 Å². The molecule has 0 aromatic carbocycles. The highest BCUT2D eigenvalue weighted by atomic mass is 16.4. The van der Waals surface area contributed by atoms with Gasteiger partial charge in [0.05, 0.1) is 0 Å². The number of hydrogen-bond acceptors (Lipinski definition) is 2. The minimum absolute atomic E-state index is 0.0715. The van der Waals surface area contributed by atoms with Crippen molar-refractivity contribution >= 4 is 5.97 Å². The van der Waals surface area contributed by atoms with E-state index in [1.54, 1.807) is 0 Å². The second-order valence-corrected chi connectivity index (χ2v) is 8.14. The van der Waals surface area contributed by atoms with Gasteiger partial charge in [-0.05, 0) is 51.9 Å². The molecule has 3 N–H and O–H groups in total. The summed E-state index contributed by atoms with van der Waals surface area (Å²) < 4.78 is 0. The fourth-order valence-electron chi connectivity index (χ4n) is 3.23. The zero-order chi connectivity index (χ0) is 19.0. The normalized spacial score (nSPS) is 13.4. The monoisotopic (exact) mass is 353 g/mol. The van der Waals surface area contributed by atoms with E-state index in [1.165, 1.54) is 70.6 Å². The van der Waals surface area contributed by atoms with Crippen molar-refractivity contribution in [3.8, 4) is 0 Å². The van der Waals surface area contributed by atoms with Gasteiger partial charge in [-0.2, -0.15) is 0 Å². The lowest BCUT2D eigenvalue weighted by Crippen LogP contribution is -2.41. The molecule has 1 atom stereocenters. The smallest absolute Gasteiger partial charge is 0.303 e.